The molecule has 0 bridgehead atoms. The van der Waals surface area contributed by atoms with Gasteiger partial charge in [0.05, 0.1) is 6.42 Å². The quantitative estimate of drug-likeness (QED) is 0.885. The first-order valence-corrected chi connectivity index (χ1v) is 5.95. The summed E-state index contributed by atoms with van der Waals surface area (Å²) < 4.78 is 29.2. The van der Waals surface area contributed by atoms with Crippen LogP contribution in [0.2, 0.25) is 0 Å². The summed E-state index contributed by atoms with van der Waals surface area (Å²) in [5.41, 5.74) is 0. The van der Waals surface area contributed by atoms with Crippen molar-refractivity contribution in [3.05, 3.63) is 11.7 Å². The smallest absolute Gasteiger partial charge is 0.264 e. The second-order valence-corrected chi connectivity index (χ2v) is 4.49. The molecule has 1 aromatic heterocycles. The molecule has 0 spiro atoms. The Morgan fingerprint density at radius 2 is 2.00 bits per heavy atom. The van der Waals surface area contributed by atoms with Crippen molar-refractivity contribution in [2.24, 2.45) is 0 Å². The van der Waals surface area contributed by atoms with Gasteiger partial charge in [-0.05, 0) is 12.8 Å². The highest BCUT2D eigenvalue weighted by Crippen LogP contribution is 2.30. The molecule has 1 N–H and O–H groups in total. The average molecular weight is 246 g/mol. The van der Waals surface area contributed by atoms with Crippen LogP contribution in [0.4, 0.5) is 8.78 Å². The number of alkyl halides is 2. The number of hydrogen-bond donors (Lipinski definition) is 1. The number of aliphatic hydroxyl groups is 1. The molecule has 1 atom stereocenters. The second kappa shape index (κ2) is 5.53. The molecule has 0 amide bonds. The van der Waals surface area contributed by atoms with Crippen molar-refractivity contribution in [3.63, 3.8) is 0 Å². The molecule has 1 heterocycles. The van der Waals surface area contributed by atoms with Crippen LogP contribution in [-0.2, 0) is 6.42 Å². The fraction of sp³-hybridized carbons (Fsp3) is 0.818. The molecular weight excluding hydrogens is 230 g/mol. The van der Waals surface area contributed by atoms with E-state index in [1.165, 1.54) is 6.42 Å². The van der Waals surface area contributed by atoms with Gasteiger partial charge >= 0.3 is 0 Å². The van der Waals surface area contributed by atoms with Crippen molar-refractivity contribution in [1.82, 2.24) is 10.1 Å². The average Bonchev–Trinajstić information content (AvgIpc) is 2.78. The molecule has 0 aliphatic heterocycles. The normalized spacial score (nSPS) is 19.8. The third-order valence-corrected chi connectivity index (χ3v) is 3.13. The summed E-state index contributed by atoms with van der Waals surface area (Å²) in [6.07, 6.45) is 0.785. The molecule has 1 aliphatic carbocycles. The van der Waals surface area contributed by atoms with Crippen LogP contribution in [0, 0.1) is 0 Å². The van der Waals surface area contributed by atoms with Crippen molar-refractivity contribution in [1.29, 1.82) is 0 Å². The number of halogens is 2. The molecule has 1 aliphatic rings. The number of nitrogens with zero attached hydrogens (tertiary/aromatic N) is 2. The van der Waals surface area contributed by atoms with Crippen LogP contribution < -0.4 is 0 Å². The van der Waals surface area contributed by atoms with Gasteiger partial charge in [-0.2, -0.15) is 4.98 Å². The molecule has 96 valence electrons. The predicted molar refractivity (Wildman–Crippen MR) is 55.8 cm³/mol. The van der Waals surface area contributed by atoms with E-state index in [2.05, 4.69) is 10.1 Å². The number of rotatable bonds is 4. The van der Waals surface area contributed by atoms with Gasteiger partial charge in [-0.1, -0.05) is 24.4 Å². The molecule has 17 heavy (non-hydrogen) atoms. The molecule has 1 fully saturated rings. The first kappa shape index (κ1) is 12.4. The topological polar surface area (TPSA) is 59.2 Å². The largest absolute Gasteiger partial charge is 0.387 e. The van der Waals surface area contributed by atoms with Crippen molar-refractivity contribution < 1.29 is 18.4 Å². The van der Waals surface area contributed by atoms with E-state index in [1.54, 1.807) is 0 Å². The zero-order valence-electron chi connectivity index (χ0n) is 9.48. The summed E-state index contributed by atoms with van der Waals surface area (Å²) in [4.78, 5) is 4.09. The van der Waals surface area contributed by atoms with Crippen LogP contribution in [0.5, 0.6) is 0 Å². The van der Waals surface area contributed by atoms with Crippen molar-refractivity contribution in [2.45, 2.75) is 57.0 Å². The molecule has 1 aromatic rings. The number of aliphatic hydroxyl groups excluding tert-OH is 1. The standard InChI is InChI=1S/C11H16F2N2O2/c12-10(13)8(16)6-9-14-11(15-17-9)7-4-2-1-3-5-7/h7-8,10,16H,1-6H2. The minimum absolute atomic E-state index is 0.0957. The Hall–Kier alpha value is -1.04. The summed E-state index contributed by atoms with van der Waals surface area (Å²) >= 11 is 0. The number of hydrogen-bond acceptors (Lipinski definition) is 4. The molecule has 1 saturated carbocycles. The van der Waals surface area contributed by atoms with Crippen molar-refractivity contribution in [2.75, 3.05) is 0 Å². The maximum absolute atomic E-state index is 12.1. The highest BCUT2D eigenvalue weighted by molar-refractivity contribution is 4.97. The predicted octanol–water partition coefficient (Wildman–Crippen LogP) is 2.29. The Kier molecular flexibility index (Phi) is 4.04. The van der Waals surface area contributed by atoms with E-state index in [0.29, 0.717) is 5.82 Å². The summed E-state index contributed by atoms with van der Waals surface area (Å²) in [6.45, 7) is 0. The third-order valence-electron chi connectivity index (χ3n) is 3.13. The lowest BCUT2D eigenvalue weighted by Gasteiger charge is -2.17. The summed E-state index contributed by atoms with van der Waals surface area (Å²) in [7, 11) is 0. The first-order valence-electron chi connectivity index (χ1n) is 5.95. The zero-order chi connectivity index (χ0) is 12.3. The molecule has 0 aromatic carbocycles. The van der Waals surface area contributed by atoms with E-state index in [9.17, 15) is 8.78 Å². The summed E-state index contributed by atoms with van der Waals surface area (Å²) in [5, 5.41) is 12.8. The van der Waals surface area contributed by atoms with Gasteiger partial charge in [-0.25, -0.2) is 8.78 Å². The van der Waals surface area contributed by atoms with Crippen molar-refractivity contribution in [3.8, 4) is 0 Å². The lowest BCUT2D eigenvalue weighted by molar-refractivity contribution is -0.00754. The fourth-order valence-electron chi connectivity index (χ4n) is 2.15. The van der Waals surface area contributed by atoms with Crippen LogP contribution in [0.3, 0.4) is 0 Å². The van der Waals surface area contributed by atoms with Crippen LogP contribution in [0.15, 0.2) is 4.52 Å². The summed E-state index contributed by atoms with van der Waals surface area (Å²) in [6, 6.07) is 0. The fourth-order valence-corrected chi connectivity index (χ4v) is 2.15. The molecular formula is C11H16F2N2O2. The minimum atomic E-state index is -2.78. The van der Waals surface area contributed by atoms with Crippen LogP contribution >= 0.6 is 0 Å². The van der Waals surface area contributed by atoms with Gasteiger partial charge in [-0.3, -0.25) is 0 Å². The Morgan fingerprint density at radius 1 is 1.29 bits per heavy atom. The number of aromatic nitrogens is 2. The SMILES string of the molecule is OC(Cc1nc(C2CCCCC2)no1)C(F)F. The highest BCUT2D eigenvalue weighted by atomic mass is 19.3. The Labute approximate surface area is 98.0 Å². The van der Waals surface area contributed by atoms with E-state index >= 15 is 0 Å². The van der Waals surface area contributed by atoms with E-state index in [4.69, 9.17) is 9.63 Å². The molecule has 2 rings (SSSR count). The lowest BCUT2D eigenvalue weighted by atomic mass is 9.89. The maximum atomic E-state index is 12.1. The highest BCUT2D eigenvalue weighted by Gasteiger charge is 2.24. The van der Waals surface area contributed by atoms with Gasteiger partial charge in [0.2, 0.25) is 5.89 Å². The van der Waals surface area contributed by atoms with Crippen molar-refractivity contribution >= 4 is 0 Å². The van der Waals surface area contributed by atoms with Gasteiger partial charge in [0, 0.05) is 5.92 Å². The minimum Gasteiger partial charge on any atom is -0.387 e. The van der Waals surface area contributed by atoms with Gasteiger partial charge in [0.25, 0.3) is 6.43 Å². The van der Waals surface area contributed by atoms with Gasteiger partial charge < -0.3 is 9.63 Å². The monoisotopic (exact) mass is 246 g/mol. The molecule has 1 unspecified atom stereocenters. The van der Waals surface area contributed by atoms with Crippen LogP contribution in [0.1, 0.15) is 49.7 Å². The van der Waals surface area contributed by atoms with Gasteiger partial charge in [-0.15, -0.1) is 0 Å². The third kappa shape index (κ3) is 3.21. The molecule has 0 saturated heterocycles. The van der Waals surface area contributed by atoms with Gasteiger partial charge in [0.15, 0.2) is 5.82 Å². The van der Waals surface area contributed by atoms with E-state index in [1.807, 2.05) is 0 Å². The van der Waals surface area contributed by atoms with Crippen LogP contribution in [-0.4, -0.2) is 27.8 Å². The first-order chi connectivity index (χ1) is 8.16. The molecule has 4 nitrogen and oxygen atoms in total. The lowest BCUT2D eigenvalue weighted by Crippen LogP contribution is -2.20. The van der Waals surface area contributed by atoms with E-state index in [-0.39, 0.29) is 18.2 Å². The Bertz CT molecular complexity index is 351. The molecule has 0 radical (unpaired) electrons. The zero-order valence-corrected chi connectivity index (χ0v) is 9.48. The Balaban J connectivity index is 1.95. The summed E-state index contributed by atoms with van der Waals surface area (Å²) in [5.74, 6) is 0.976. The Morgan fingerprint density at radius 3 is 2.65 bits per heavy atom. The van der Waals surface area contributed by atoms with E-state index < -0.39 is 12.5 Å². The van der Waals surface area contributed by atoms with Crippen LogP contribution in [0.25, 0.3) is 0 Å². The van der Waals surface area contributed by atoms with Gasteiger partial charge in [0.1, 0.15) is 6.10 Å². The molecule has 6 heteroatoms. The maximum Gasteiger partial charge on any atom is 0.264 e. The van der Waals surface area contributed by atoms with E-state index in [0.717, 1.165) is 25.7 Å². The second-order valence-electron chi connectivity index (χ2n) is 4.49.